The Bertz CT molecular complexity index is 658. The lowest BCUT2D eigenvalue weighted by Crippen LogP contribution is -3.12. The number of quaternary nitrogens is 1. The van der Waals surface area contributed by atoms with E-state index in [1.807, 2.05) is 25.4 Å². The highest BCUT2D eigenvalue weighted by molar-refractivity contribution is 7.07. The van der Waals surface area contributed by atoms with Crippen molar-refractivity contribution in [3.8, 4) is 0 Å². The van der Waals surface area contributed by atoms with E-state index >= 15 is 0 Å². The van der Waals surface area contributed by atoms with Gasteiger partial charge in [-0.05, 0) is 29.8 Å². The van der Waals surface area contributed by atoms with Crippen LogP contribution in [0, 0.1) is 10.1 Å². The maximum Gasteiger partial charge on any atom is 0.292 e. The first-order valence-corrected chi connectivity index (χ1v) is 7.81. The second-order valence-corrected chi connectivity index (χ2v) is 5.92. The Hall–Kier alpha value is -2.25. The zero-order valence-electron chi connectivity index (χ0n) is 12.4. The number of nitro groups is 1. The third-order valence-electron chi connectivity index (χ3n) is 3.55. The Morgan fingerprint density at radius 2 is 2.14 bits per heavy atom. The molecule has 0 aliphatic carbocycles. The van der Waals surface area contributed by atoms with Crippen LogP contribution in [0.3, 0.4) is 0 Å². The van der Waals surface area contributed by atoms with E-state index in [0.717, 1.165) is 11.4 Å². The standard InChI is InChI=1S/C15H17N3O3S/c1-11(17(2)9-12-7-8-22-10-12)15(19)16-13-5-3-4-6-14(13)18(20)21/h3-8,10-11H,9H2,1-2H3,(H,16,19)/p+1/t11-/m0/s1. The van der Waals surface area contributed by atoms with Crippen molar-refractivity contribution in [2.45, 2.75) is 19.5 Å². The molecule has 1 heterocycles. The number of anilines is 1. The maximum atomic E-state index is 12.3. The van der Waals surface area contributed by atoms with E-state index in [1.165, 1.54) is 17.7 Å². The number of hydrogen-bond donors (Lipinski definition) is 2. The molecular formula is C15H18N3O3S+. The average Bonchev–Trinajstić information content (AvgIpc) is 2.99. The Morgan fingerprint density at radius 1 is 1.41 bits per heavy atom. The Labute approximate surface area is 132 Å². The molecule has 1 amide bonds. The number of carbonyl (C=O) groups is 1. The number of rotatable bonds is 6. The molecule has 0 aliphatic rings. The van der Waals surface area contributed by atoms with Crippen LogP contribution in [-0.4, -0.2) is 23.9 Å². The molecule has 7 heteroatoms. The number of nitro benzene ring substituents is 1. The second kappa shape index (κ2) is 7.15. The Kier molecular flexibility index (Phi) is 5.24. The molecule has 0 bridgehead atoms. The molecule has 2 N–H and O–H groups in total. The van der Waals surface area contributed by atoms with Crippen LogP contribution in [0.5, 0.6) is 0 Å². The zero-order chi connectivity index (χ0) is 16.1. The summed E-state index contributed by atoms with van der Waals surface area (Å²) in [7, 11) is 1.93. The number of hydrogen-bond acceptors (Lipinski definition) is 4. The predicted molar refractivity (Wildman–Crippen MR) is 86.1 cm³/mol. The van der Waals surface area contributed by atoms with Crippen LogP contribution >= 0.6 is 11.3 Å². The van der Waals surface area contributed by atoms with E-state index in [-0.39, 0.29) is 23.3 Å². The van der Waals surface area contributed by atoms with Crippen LogP contribution < -0.4 is 10.2 Å². The van der Waals surface area contributed by atoms with Crippen LogP contribution in [-0.2, 0) is 11.3 Å². The fourth-order valence-corrected chi connectivity index (χ4v) is 2.74. The number of thiophene rings is 1. The molecule has 0 radical (unpaired) electrons. The van der Waals surface area contributed by atoms with Crippen LogP contribution in [0.25, 0.3) is 0 Å². The molecule has 6 nitrogen and oxygen atoms in total. The highest BCUT2D eigenvalue weighted by Gasteiger charge is 2.24. The fraction of sp³-hybridized carbons (Fsp3) is 0.267. The molecule has 2 rings (SSSR count). The van der Waals surface area contributed by atoms with Crippen molar-refractivity contribution < 1.29 is 14.6 Å². The lowest BCUT2D eigenvalue weighted by molar-refractivity contribution is -0.907. The molecule has 2 atom stereocenters. The van der Waals surface area contributed by atoms with E-state index < -0.39 is 4.92 Å². The number of nitrogens with zero attached hydrogens (tertiary/aromatic N) is 1. The molecule has 0 saturated carbocycles. The quantitative estimate of drug-likeness (QED) is 0.628. The zero-order valence-corrected chi connectivity index (χ0v) is 13.2. The maximum absolute atomic E-state index is 12.3. The first-order valence-electron chi connectivity index (χ1n) is 6.86. The van der Waals surface area contributed by atoms with Gasteiger partial charge in [0.15, 0.2) is 6.04 Å². The van der Waals surface area contributed by atoms with Gasteiger partial charge in [0, 0.05) is 11.6 Å². The largest absolute Gasteiger partial charge is 0.324 e. The van der Waals surface area contributed by atoms with Gasteiger partial charge >= 0.3 is 0 Å². The van der Waals surface area contributed by atoms with Crippen molar-refractivity contribution in [1.82, 2.24) is 0 Å². The molecule has 1 aromatic heterocycles. The highest BCUT2D eigenvalue weighted by Crippen LogP contribution is 2.23. The van der Waals surface area contributed by atoms with Gasteiger partial charge in [-0.15, -0.1) is 0 Å². The molecule has 1 aromatic carbocycles. The molecule has 2 aromatic rings. The fourth-order valence-electron chi connectivity index (χ4n) is 2.07. The van der Waals surface area contributed by atoms with Crippen LogP contribution in [0.1, 0.15) is 12.5 Å². The number of para-hydroxylation sites is 2. The molecule has 0 fully saturated rings. The van der Waals surface area contributed by atoms with Gasteiger partial charge in [-0.2, -0.15) is 11.3 Å². The molecule has 22 heavy (non-hydrogen) atoms. The third-order valence-corrected chi connectivity index (χ3v) is 4.29. The van der Waals surface area contributed by atoms with Gasteiger partial charge < -0.3 is 10.2 Å². The summed E-state index contributed by atoms with van der Waals surface area (Å²) < 4.78 is 0. The minimum atomic E-state index is -0.498. The molecule has 0 saturated heterocycles. The molecular weight excluding hydrogens is 302 g/mol. The van der Waals surface area contributed by atoms with Gasteiger partial charge in [0.1, 0.15) is 12.2 Å². The number of benzene rings is 1. The summed E-state index contributed by atoms with van der Waals surface area (Å²) in [6.07, 6.45) is 0. The van der Waals surface area contributed by atoms with Gasteiger partial charge in [-0.3, -0.25) is 14.9 Å². The van der Waals surface area contributed by atoms with Crippen molar-refractivity contribution in [2.24, 2.45) is 0 Å². The summed E-state index contributed by atoms with van der Waals surface area (Å²) in [6, 6.07) is 7.86. The minimum absolute atomic E-state index is 0.0986. The number of likely N-dealkylation sites (N-methyl/N-ethyl adjacent to an activating group) is 1. The van der Waals surface area contributed by atoms with Crippen molar-refractivity contribution >= 4 is 28.6 Å². The van der Waals surface area contributed by atoms with Gasteiger partial charge in [0.25, 0.3) is 11.6 Å². The third kappa shape index (κ3) is 3.90. The van der Waals surface area contributed by atoms with Gasteiger partial charge in [-0.1, -0.05) is 12.1 Å². The van der Waals surface area contributed by atoms with Gasteiger partial charge in [0.05, 0.1) is 12.0 Å². The lowest BCUT2D eigenvalue weighted by Gasteiger charge is -2.20. The van der Waals surface area contributed by atoms with Crippen LogP contribution in [0.2, 0.25) is 0 Å². The molecule has 0 aliphatic heterocycles. The van der Waals surface area contributed by atoms with Crippen molar-refractivity contribution in [3.63, 3.8) is 0 Å². The number of carbonyl (C=O) groups excluding carboxylic acids is 1. The molecule has 0 spiro atoms. The monoisotopic (exact) mass is 320 g/mol. The highest BCUT2D eigenvalue weighted by atomic mass is 32.1. The predicted octanol–water partition coefficient (Wildman–Crippen LogP) is 1.70. The van der Waals surface area contributed by atoms with E-state index in [1.54, 1.807) is 23.5 Å². The van der Waals surface area contributed by atoms with Crippen molar-refractivity contribution in [1.29, 1.82) is 0 Å². The summed E-state index contributed by atoms with van der Waals surface area (Å²) in [5.41, 5.74) is 1.30. The lowest BCUT2D eigenvalue weighted by atomic mass is 10.2. The molecule has 116 valence electrons. The number of amides is 1. The average molecular weight is 320 g/mol. The topological polar surface area (TPSA) is 76.7 Å². The van der Waals surface area contributed by atoms with Gasteiger partial charge in [-0.25, -0.2) is 0 Å². The van der Waals surface area contributed by atoms with E-state index in [0.29, 0.717) is 0 Å². The normalized spacial score (nSPS) is 13.4. The minimum Gasteiger partial charge on any atom is -0.324 e. The first kappa shape index (κ1) is 16.1. The smallest absolute Gasteiger partial charge is 0.292 e. The summed E-state index contributed by atoms with van der Waals surface area (Å²) in [5.74, 6) is -0.234. The van der Waals surface area contributed by atoms with Gasteiger partial charge in [0.2, 0.25) is 0 Å². The Morgan fingerprint density at radius 3 is 2.77 bits per heavy atom. The van der Waals surface area contributed by atoms with E-state index in [2.05, 4.69) is 10.7 Å². The van der Waals surface area contributed by atoms with Crippen LogP contribution in [0.4, 0.5) is 11.4 Å². The summed E-state index contributed by atoms with van der Waals surface area (Å²) in [6.45, 7) is 2.54. The summed E-state index contributed by atoms with van der Waals surface area (Å²) in [5, 5.41) is 17.7. The summed E-state index contributed by atoms with van der Waals surface area (Å²) >= 11 is 1.62. The van der Waals surface area contributed by atoms with E-state index in [4.69, 9.17) is 0 Å². The van der Waals surface area contributed by atoms with Crippen molar-refractivity contribution in [2.75, 3.05) is 12.4 Å². The van der Waals surface area contributed by atoms with Crippen molar-refractivity contribution in [3.05, 3.63) is 56.8 Å². The molecule has 1 unspecified atom stereocenters. The first-order chi connectivity index (χ1) is 10.5. The SMILES string of the molecule is C[C@@H](C(=O)Nc1ccccc1[N+](=O)[O-])[NH+](C)Cc1ccsc1. The number of nitrogens with one attached hydrogen (secondary N) is 2. The second-order valence-electron chi connectivity index (χ2n) is 5.14. The van der Waals surface area contributed by atoms with Crippen LogP contribution in [0.15, 0.2) is 41.1 Å². The Balaban J connectivity index is 2.04. The van der Waals surface area contributed by atoms with E-state index in [9.17, 15) is 14.9 Å². The summed E-state index contributed by atoms with van der Waals surface area (Å²) in [4.78, 5) is 23.8.